The van der Waals surface area contributed by atoms with Gasteiger partial charge < -0.3 is 15.3 Å². The Morgan fingerprint density at radius 3 is 2.33 bits per heavy atom. The third kappa shape index (κ3) is 4.00. The van der Waals surface area contributed by atoms with Gasteiger partial charge in [-0.05, 0) is 12.1 Å². The fourth-order valence-corrected chi connectivity index (χ4v) is 2.58. The molecule has 1 aromatic rings. The molecule has 7 nitrogen and oxygen atoms in total. The molecule has 2 atom stereocenters. The van der Waals surface area contributed by atoms with Crippen molar-refractivity contribution >= 4 is 17.8 Å². The standard InChI is InChI=1S/C12H13N3O2.C2HF3O2/c16-11-10-7-15(6-9(10)5-14-11)12(17)8-1-3-13-4-2-8;3-2(4,5)1(6)7/h1-4,9-10H,5-7H2,(H,14,16);(H,6,7)/t9-,10+;/m1./s1. The quantitative estimate of drug-likeness (QED) is 0.774. The number of halogens is 3. The molecule has 2 fully saturated rings. The number of pyridine rings is 1. The minimum absolute atomic E-state index is 0.00500. The predicted molar refractivity (Wildman–Crippen MR) is 73.8 cm³/mol. The Morgan fingerprint density at radius 2 is 1.83 bits per heavy atom. The van der Waals surface area contributed by atoms with E-state index in [0.29, 0.717) is 25.2 Å². The van der Waals surface area contributed by atoms with Crippen LogP contribution in [0.3, 0.4) is 0 Å². The molecule has 10 heteroatoms. The number of alkyl halides is 3. The van der Waals surface area contributed by atoms with Gasteiger partial charge in [0.05, 0.1) is 5.92 Å². The van der Waals surface area contributed by atoms with E-state index < -0.39 is 12.1 Å². The number of fused-ring (bicyclic) bond motifs is 1. The summed E-state index contributed by atoms with van der Waals surface area (Å²) in [4.78, 5) is 38.2. The topological polar surface area (TPSA) is 99.6 Å². The van der Waals surface area contributed by atoms with Gasteiger partial charge in [0, 0.05) is 43.5 Å². The Morgan fingerprint density at radius 1 is 1.25 bits per heavy atom. The second kappa shape index (κ2) is 6.85. The van der Waals surface area contributed by atoms with Crippen LogP contribution >= 0.6 is 0 Å². The molecule has 1 aromatic heterocycles. The molecule has 130 valence electrons. The predicted octanol–water partition coefficient (Wildman–Crippen LogP) is 0.533. The lowest BCUT2D eigenvalue weighted by Crippen LogP contribution is -2.33. The molecule has 3 rings (SSSR count). The van der Waals surface area contributed by atoms with Crippen molar-refractivity contribution in [2.45, 2.75) is 6.18 Å². The van der Waals surface area contributed by atoms with Crippen LogP contribution < -0.4 is 5.32 Å². The van der Waals surface area contributed by atoms with Gasteiger partial charge in [0.15, 0.2) is 0 Å². The maximum atomic E-state index is 12.2. The summed E-state index contributed by atoms with van der Waals surface area (Å²) in [6.07, 6.45) is -1.87. The lowest BCUT2D eigenvalue weighted by molar-refractivity contribution is -0.192. The van der Waals surface area contributed by atoms with E-state index in [-0.39, 0.29) is 23.7 Å². The second-order valence-corrected chi connectivity index (χ2v) is 5.36. The molecule has 0 radical (unpaired) electrons. The van der Waals surface area contributed by atoms with Gasteiger partial charge in [0.2, 0.25) is 5.91 Å². The molecule has 0 aromatic carbocycles. The highest BCUT2D eigenvalue weighted by atomic mass is 19.4. The number of carbonyl (C=O) groups excluding carboxylic acids is 2. The van der Waals surface area contributed by atoms with Crippen molar-refractivity contribution in [3.63, 3.8) is 0 Å². The number of aromatic nitrogens is 1. The minimum Gasteiger partial charge on any atom is -0.475 e. The molecule has 3 heterocycles. The van der Waals surface area contributed by atoms with Crippen molar-refractivity contribution in [3.05, 3.63) is 30.1 Å². The summed E-state index contributed by atoms with van der Waals surface area (Å²) in [5.41, 5.74) is 0.639. The maximum Gasteiger partial charge on any atom is 0.490 e. The van der Waals surface area contributed by atoms with Crippen molar-refractivity contribution < 1.29 is 32.7 Å². The number of aliphatic carboxylic acids is 1. The summed E-state index contributed by atoms with van der Waals surface area (Å²) in [5.74, 6) is -2.41. The number of nitrogens with zero attached hydrogens (tertiary/aromatic N) is 2. The summed E-state index contributed by atoms with van der Waals surface area (Å²) < 4.78 is 31.7. The average molecular weight is 345 g/mol. The molecule has 0 unspecified atom stereocenters. The highest BCUT2D eigenvalue weighted by Crippen LogP contribution is 2.28. The van der Waals surface area contributed by atoms with Crippen LogP contribution in [0.4, 0.5) is 13.2 Å². The Labute approximate surface area is 134 Å². The molecular formula is C14H14F3N3O4. The minimum atomic E-state index is -5.08. The van der Waals surface area contributed by atoms with Crippen molar-refractivity contribution in [2.24, 2.45) is 11.8 Å². The molecule has 2 aliphatic rings. The summed E-state index contributed by atoms with van der Waals surface area (Å²) >= 11 is 0. The number of amides is 2. The molecule has 0 aliphatic carbocycles. The van der Waals surface area contributed by atoms with Gasteiger partial charge in [-0.2, -0.15) is 13.2 Å². The Kier molecular flexibility index (Phi) is 5.05. The molecule has 2 amide bonds. The molecule has 24 heavy (non-hydrogen) atoms. The fourth-order valence-electron chi connectivity index (χ4n) is 2.58. The van der Waals surface area contributed by atoms with E-state index in [9.17, 15) is 22.8 Å². The molecule has 2 aliphatic heterocycles. The van der Waals surface area contributed by atoms with Crippen LogP contribution in [0.15, 0.2) is 24.5 Å². The van der Waals surface area contributed by atoms with E-state index in [4.69, 9.17) is 9.90 Å². The van der Waals surface area contributed by atoms with Gasteiger partial charge in [-0.15, -0.1) is 0 Å². The van der Waals surface area contributed by atoms with Crippen molar-refractivity contribution in [2.75, 3.05) is 19.6 Å². The van der Waals surface area contributed by atoms with Gasteiger partial charge in [0.1, 0.15) is 0 Å². The monoisotopic (exact) mass is 345 g/mol. The maximum absolute atomic E-state index is 12.2. The lowest BCUT2D eigenvalue weighted by atomic mass is 10.0. The number of hydrogen-bond donors (Lipinski definition) is 2. The summed E-state index contributed by atoms with van der Waals surface area (Å²) in [7, 11) is 0. The van der Waals surface area contributed by atoms with E-state index in [2.05, 4.69) is 10.3 Å². The number of rotatable bonds is 1. The number of carbonyl (C=O) groups is 3. The molecule has 2 saturated heterocycles. The van der Waals surface area contributed by atoms with E-state index in [0.717, 1.165) is 0 Å². The van der Waals surface area contributed by atoms with E-state index in [1.165, 1.54) is 0 Å². The summed E-state index contributed by atoms with van der Waals surface area (Å²) in [6.45, 7) is 1.91. The largest absolute Gasteiger partial charge is 0.490 e. The first-order chi connectivity index (χ1) is 11.2. The lowest BCUT2D eigenvalue weighted by Gasteiger charge is -2.17. The molecule has 0 bridgehead atoms. The number of likely N-dealkylation sites (tertiary alicyclic amines) is 1. The molecular weight excluding hydrogens is 331 g/mol. The smallest absolute Gasteiger partial charge is 0.475 e. The number of carboxylic acids is 1. The van der Waals surface area contributed by atoms with Crippen LogP contribution in [-0.4, -0.2) is 58.6 Å². The van der Waals surface area contributed by atoms with Gasteiger partial charge in [-0.25, -0.2) is 4.79 Å². The van der Waals surface area contributed by atoms with Crippen LogP contribution in [0, 0.1) is 11.8 Å². The van der Waals surface area contributed by atoms with Gasteiger partial charge in [0.25, 0.3) is 5.91 Å². The van der Waals surface area contributed by atoms with Crippen LogP contribution in [0.2, 0.25) is 0 Å². The number of carboxylic acid groups (broad SMARTS) is 1. The zero-order valence-electron chi connectivity index (χ0n) is 12.3. The van der Waals surface area contributed by atoms with Crippen molar-refractivity contribution in [1.29, 1.82) is 0 Å². The number of nitrogens with one attached hydrogen (secondary N) is 1. The molecule has 2 N–H and O–H groups in total. The zero-order valence-corrected chi connectivity index (χ0v) is 12.3. The van der Waals surface area contributed by atoms with Gasteiger partial charge >= 0.3 is 12.1 Å². The van der Waals surface area contributed by atoms with E-state index in [1.807, 2.05) is 0 Å². The van der Waals surface area contributed by atoms with Crippen LogP contribution in [0.5, 0.6) is 0 Å². The molecule has 0 spiro atoms. The first kappa shape index (κ1) is 17.7. The van der Waals surface area contributed by atoms with Crippen LogP contribution in [0.25, 0.3) is 0 Å². The summed E-state index contributed by atoms with van der Waals surface area (Å²) in [6, 6.07) is 3.41. The SMILES string of the molecule is O=C(O)C(F)(F)F.O=C1NC[C@@H]2CN(C(=O)c3ccncc3)C[C@H]12. The zero-order chi connectivity index (χ0) is 17.9. The third-order valence-electron chi connectivity index (χ3n) is 3.77. The van der Waals surface area contributed by atoms with Gasteiger partial charge in [-0.1, -0.05) is 0 Å². The van der Waals surface area contributed by atoms with Gasteiger partial charge in [-0.3, -0.25) is 14.6 Å². The third-order valence-corrected chi connectivity index (χ3v) is 3.77. The second-order valence-electron chi connectivity index (χ2n) is 5.36. The van der Waals surface area contributed by atoms with Crippen molar-refractivity contribution in [3.8, 4) is 0 Å². The fraction of sp³-hybridized carbons (Fsp3) is 0.429. The number of hydrogen-bond acceptors (Lipinski definition) is 4. The Bertz CT molecular complexity index is 636. The Hall–Kier alpha value is -2.65. The average Bonchev–Trinajstić information content (AvgIpc) is 3.10. The van der Waals surface area contributed by atoms with E-state index in [1.54, 1.807) is 29.4 Å². The van der Waals surface area contributed by atoms with E-state index >= 15 is 0 Å². The van der Waals surface area contributed by atoms with Crippen LogP contribution in [-0.2, 0) is 9.59 Å². The highest BCUT2D eigenvalue weighted by molar-refractivity contribution is 5.95. The first-order valence-corrected chi connectivity index (χ1v) is 6.97. The highest BCUT2D eigenvalue weighted by Gasteiger charge is 2.43. The van der Waals surface area contributed by atoms with Crippen LogP contribution in [0.1, 0.15) is 10.4 Å². The molecule has 0 saturated carbocycles. The normalized spacial score (nSPS) is 22.3. The first-order valence-electron chi connectivity index (χ1n) is 6.97. The Balaban J connectivity index is 0.000000256. The van der Waals surface area contributed by atoms with Crippen molar-refractivity contribution in [1.82, 2.24) is 15.2 Å². The summed E-state index contributed by atoms with van der Waals surface area (Å²) in [5, 5.41) is 9.96.